The molecule has 0 radical (unpaired) electrons. The van der Waals surface area contributed by atoms with Gasteiger partial charge in [-0.15, -0.1) is 0 Å². The molecule has 2 fully saturated rings. The average molecular weight is 396 g/mol. The molecule has 2 heterocycles. The first-order valence-corrected chi connectivity index (χ1v) is 11.3. The molecule has 1 aliphatic carbocycles. The van der Waals surface area contributed by atoms with Crippen molar-refractivity contribution in [3.63, 3.8) is 0 Å². The zero-order chi connectivity index (χ0) is 20.1. The third-order valence-electron chi connectivity index (χ3n) is 6.68. The number of nitrogens with one attached hydrogen (secondary N) is 2. The van der Waals surface area contributed by atoms with Crippen molar-refractivity contribution in [2.24, 2.45) is 5.92 Å². The van der Waals surface area contributed by atoms with E-state index in [1.807, 2.05) is 11.0 Å². The minimum Gasteiger partial charge on any atom is -0.361 e. The van der Waals surface area contributed by atoms with Crippen molar-refractivity contribution in [3.05, 3.63) is 36.0 Å². The van der Waals surface area contributed by atoms with Crippen LogP contribution in [0.15, 0.2) is 30.5 Å². The first-order chi connectivity index (χ1) is 14.2. The number of nitrogens with zero attached hydrogens (tertiary/aromatic N) is 1. The molecule has 156 valence electrons. The molecule has 1 saturated heterocycles. The quantitative estimate of drug-likeness (QED) is 0.771. The molecular weight excluding hydrogens is 362 g/mol. The molecule has 1 saturated carbocycles. The fourth-order valence-electron chi connectivity index (χ4n) is 4.88. The summed E-state index contributed by atoms with van der Waals surface area (Å²) in [6, 6.07) is 8.55. The SMILES string of the molecule is O=C(NC1CCN(C(=O)CCCc2c[nH]c3ccccc23)CC1)C1CCCCC1. The van der Waals surface area contributed by atoms with Crippen molar-refractivity contribution in [1.82, 2.24) is 15.2 Å². The molecule has 2 N–H and O–H groups in total. The minimum atomic E-state index is 0.216. The topological polar surface area (TPSA) is 65.2 Å². The summed E-state index contributed by atoms with van der Waals surface area (Å²) < 4.78 is 0. The lowest BCUT2D eigenvalue weighted by Gasteiger charge is -2.33. The molecule has 1 aliphatic heterocycles. The Labute approximate surface area is 173 Å². The highest BCUT2D eigenvalue weighted by Crippen LogP contribution is 2.24. The van der Waals surface area contributed by atoms with Crippen LogP contribution in [0.3, 0.4) is 0 Å². The molecule has 2 aromatic rings. The number of para-hydroxylation sites is 1. The molecule has 1 aromatic heterocycles. The van der Waals surface area contributed by atoms with E-state index in [2.05, 4.69) is 34.7 Å². The Kier molecular flexibility index (Phi) is 6.53. The van der Waals surface area contributed by atoms with Crippen LogP contribution in [0.1, 0.15) is 63.4 Å². The van der Waals surface area contributed by atoms with Gasteiger partial charge < -0.3 is 15.2 Å². The van der Waals surface area contributed by atoms with Crippen LogP contribution in [0.4, 0.5) is 0 Å². The molecular formula is C24H33N3O2. The van der Waals surface area contributed by atoms with Gasteiger partial charge >= 0.3 is 0 Å². The number of carbonyl (C=O) groups excluding carboxylic acids is 2. The number of rotatable bonds is 6. The number of hydrogen-bond donors (Lipinski definition) is 2. The lowest BCUT2D eigenvalue weighted by molar-refractivity contribution is -0.132. The number of amides is 2. The fourth-order valence-corrected chi connectivity index (χ4v) is 4.88. The normalized spacial score (nSPS) is 18.8. The summed E-state index contributed by atoms with van der Waals surface area (Å²) in [6.45, 7) is 1.53. The first-order valence-electron chi connectivity index (χ1n) is 11.3. The summed E-state index contributed by atoms with van der Waals surface area (Å²) in [5.74, 6) is 0.711. The molecule has 0 atom stereocenters. The van der Waals surface area contributed by atoms with Gasteiger partial charge in [0.15, 0.2) is 0 Å². The smallest absolute Gasteiger partial charge is 0.223 e. The van der Waals surface area contributed by atoms with Gasteiger partial charge in [0.25, 0.3) is 0 Å². The molecule has 2 amide bonds. The zero-order valence-electron chi connectivity index (χ0n) is 17.3. The zero-order valence-corrected chi connectivity index (χ0v) is 17.3. The Bertz CT molecular complexity index is 830. The number of fused-ring (bicyclic) bond motifs is 1. The van der Waals surface area contributed by atoms with Gasteiger partial charge in [0, 0.05) is 48.6 Å². The molecule has 29 heavy (non-hydrogen) atoms. The van der Waals surface area contributed by atoms with Crippen molar-refractivity contribution >= 4 is 22.7 Å². The number of piperidine rings is 1. The maximum atomic E-state index is 12.6. The molecule has 0 bridgehead atoms. The van der Waals surface area contributed by atoms with Gasteiger partial charge in [-0.1, -0.05) is 37.5 Å². The van der Waals surface area contributed by atoms with Gasteiger partial charge in [0.2, 0.25) is 11.8 Å². The highest BCUT2D eigenvalue weighted by molar-refractivity contribution is 5.83. The Hall–Kier alpha value is -2.30. The monoisotopic (exact) mass is 395 g/mol. The second-order valence-electron chi connectivity index (χ2n) is 8.71. The van der Waals surface area contributed by atoms with Gasteiger partial charge in [0.05, 0.1) is 0 Å². The summed E-state index contributed by atoms with van der Waals surface area (Å²) in [4.78, 5) is 30.3. The van der Waals surface area contributed by atoms with E-state index in [1.54, 1.807) is 0 Å². The second-order valence-corrected chi connectivity index (χ2v) is 8.71. The van der Waals surface area contributed by atoms with Crippen LogP contribution < -0.4 is 5.32 Å². The third kappa shape index (κ3) is 5.01. The standard InChI is InChI=1S/C24H33N3O2/c28-23(12-6-9-19-17-25-22-11-5-4-10-21(19)22)27-15-13-20(14-16-27)26-24(29)18-7-2-1-3-8-18/h4-5,10-11,17-18,20,25H,1-3,6-9,12-16H2,(H,26,29). The van der Waals surface area contributed by atoms with E-state index >= 15 is 0 Å². The van der Waals surface area contributed by atoms with Crippen LogP contribution in [-0.4, -0.2) is 40.8 Å². The predicted octanol–water partition coefficient (Wildman–Crippen LogP) is 4.18. The number of aryl methyl sites for hydroxylation is 1. The van der Waals surface area contributed by atoms with Gasteiger partial charge in [-0.05, 0) is 50.2 Å². The van der Waals surface area contributed by atoms with Crippen LogP contribution in [0, 0.1) is 5.92 Å². The van der Waals surface area contributed by atoms with Crippen LogP contribution in [0.2, 0.25) is 0 Å². The number of H-pyrrole nitrogens is 1. The molecule has 4 rings (SSSR count). The van der Waals surface area contributed by atoms with E-state index in [9.17, 15) is 9.59 Å². The van der Waals surface area contributed by atoms with E-state index < -0.39 is 0 Å². The maximum Gasteiger partial charge on any atom is 0.223 e. The van der Waals surface area contributed by atoms with E-state index in [0.717, 1.165) is 57.1 Å². The largest absolute Gasteiger partial charge is 0.361 e. The van der Waals surface area contributed by atoms with Gasteiger partial charge in [-0.3, -0.25) is 9.59 Å². The Balaban J connectivity index is 1.17. The highest BCUT2D eigenvalue weighted by atomic mass is 16.2. The number of carbonyl (C=O) groups is 2. The Morgan fingerprint density at radius 2 is 1.79 bits per heavy atom. The maximum absolute atomic E-state index is 12.6. The number of hydrogen-bond acceptors (Lipinski definition) is 2. The van der Waals surface area contributed by atoms with Crippen molar-refractivity contribution < 1.29 is 9.59 Å². The summed E-state index contributed by atoms with van der Waals surface area (Å²) in [5.41, 5.74) is 2.45. The van der Waals surface area contributed by atoms with Crippen LogP contribution in [-0.2, 0) is 16.0 Å². The predicted molar refractivity (Wildman–Crippen MR) is 116 cm³/mol. The number of aromatic nitrogens is 1. The third-order valence-corrected chi connectivity index (χ3v) is 6.68. The summed E-state index contributed by atoms with van der Waals surface area (Å²) in [7, 11) is 0. The van der Waals surface area contributed by atoms with Crippen LogP contribution in [0.5, 0.6) is 0 Å². The number of benzene rings is 1. The molecule has 0 unspecified atom stereocenters. The Morgan fingerprint density at radius 1 is 1.03 bits per heavy atom. The van der Waals surface area contributed by atoms with E-state index in [4.69, 9.17) is 0 Å². The lowest BCUT2D eigenvalue weighted by atomic mass is 9.88. The summed E-state index contributed by atoms with van der Waals surface area (Å²) in [5, 5.41) is 4.51. The van der Waals surface area contributed by atoms with Crippen LogP contribution in [0.25, 0.3) is 10.9 Å². The minimum absolute atomic E-state index is 0.216. The molecule has 0 spiro atoms. The van der Waals surface area contributed by atoms with Crippen LogP contribution >= 0.6 is 0 Å². The molecule has 1 aromatic carbocycles. The fraction of sp³-hybridized carbons (Fsp3) is 0.583. The van der Waals surface area contributed by atoms with E-state index in [1.165, 1.54) is 30.2 Å². The lowest BCUT2D eigenvalue weighted by Crippen LogP contribution is -2.48. The summed E-state index contributed by atoms with van der Waals surface area (Å²) >= 11 is 0. The van der Waals surface area contributed by atoms with Crippen molar-refractivity contribution in [1.29, 1.82) is 0 Å². The first kappa shape index (κ1) is 20.0. The van der Waals surface area contributed by atoms with Gasteiger partial charge in [-0.2, -0.15) is 0 Å². The highest BCUT2D eigenvalue weighted by Gasteiger charge is 2.27. The van der Waals surface area contributed by atoms with Gasteiger partial charge in [-0.25, -0.2) is 0 Å². The number of aromatic amines is 1. The average Bonchev–Trinajstić information content (AvgIpc) is 3.18. The van der Waals surface area contributed by atoms with Crippen molar-refractivity contribution in [2.75, 3.05) is 13.1 Å². The van der Waals surface area contributed by atoms with E-state index in [0.29, 0.717) is 6.42 Å². The molecule has 2 aliphatic rings. The van der Waals surface area contributed by atoms with Gasteiger partial charge in [0.1, 0.15) is 0 Å². The van der Waals surface area contributed by atoms with E-state index in [-0.39, 0.29) is 23.8 Å². The van der Waals surface area contributed by atoms with Crippen molar-refractivity contribution in [2.45, 2.75) is 70.3 Å². The molecule has 5 heteroatoms. The second kappa shape index (κ2) is 9.47. The van der Waals surface area contributed by atoms with Crippen molar-refractivity contribution in [3.8, 4) is 0 Å². The molecule has 5 nitrogen and oxygen atoms in total. The number of likely N-dealkylation sites (tertiary alicyclic amines) is 1. The summed E-state index contributed by atoms with van der Waals surface area (Å²) in [6.07, 6.45) is 11.9. The Morgan fingerprint density at radius 3 is 2.59 bits per heavy atom.